The Labute approximate surface area is 89.2 Å². The van der Waals surface area contributed by atoms with Crippen molar-refractivity contribution in [2.24, 2.45) is 0 Å². The number of hydrogen-bond acceptors (Lipinski definition) is 3. The Morgan fingerprint density at radius 1 is 1.47 bits per heavy atom. The van der Waals surface area contributed by atoms with Crippen molar-refractivity contribution in [2.75, 3.05) is 19.8 Å². The van der Waals surface area contributed by atoms with Gasteiger partial charge in [0.1, 0.15) is 5.54 Å². The maximum absolute atomic E-state index is 11.6. The summed E-state index contributed by atoms with van der Waals surface area (Å²) in [4.78, 5) is 24.9. The van der Waals surface area contributed by atoms with Gasteiger partial charge in [0.2, 0.25) is 11.8 Å². The summed E-state index contributed by atoms with van der Waals surface area (Å²) in [6.45, 7) is 3.80. The van der Waals surface area contributed by atoms with Gasteiger partial charge in [-0.15, -0.1) is 0 Å². The van der Waals surface area contributed by atoms with E-state index in [1.165, 1.54) is 0 Å². The minimum atomic E-state index is -0.398. The molecule has 0 radical (unpaired) electrons. The van der Waals surface area contributed by atoms with Gasteiger partial charge >= 0.3 is 0 Å². The highest BCUT2D eigenvalue weighted by atomic mass is 16.2. The number of amides is 2. The van der Waals surface area contributed by atoms with Gasteiger partial charge in [0.25, 0.3) is 0 Å². The Morgan fingerprint density at radius 2 is 2.13 bits per heavy atom. The van der Waals surface area contributed by atoms with Crippen molar-refractivity contribution in [3.8, 4) is 0 Å². The van der Waals surface area contributed by atoms with Crippen LogP contribution < -0.4 is 10.6 Å². The number of carbonyl (C=O) groups excluding carboxylic acids is 2. The van der Waals surface area contributed by atoms with E-state index in [9.17, 15) is 9.59 Å². The third-order valence-electron chi connectivity index (χ3n) is 3.38. The highest BCUT2D eigenvalue weighted by Crippen LogP contribution is 2.24. The molecule has 2 saturated heterocycles. The zero-order valence-electron chi connectivity index (χ0n) is 9.01. The predicted octanol–water partition coefficient (Wildman–Crippen LogP) is -0.565. The van der Waals surface area contributed by atoms with E-state index in [4.69, 9.17) is 0 Å². The molecule has 2 aliphatic rings. The highest BCUT2D eigenvalue weighted by Gasteiger charge is 2.44. The average Bonchev–Trinajstić information content (AvgIpc) is 2.61. The first-order valence-electron chi connectivity index (χ1n) is 5.49. The van der Waals surface area contributed by atoms with Gasteiger partial charge in [-0.3, -0.25) is 14.9 Å². The van der Waals surface area contributed by atoms with E-state index in [1.807, 2.05) is 11.8 Å². The van der Waals surface area contributed by atoms with E-state index in [1.54, 1.807) is 0 Å². The molecule has 2 amide bonds. The van der Waals surface area contributed by atoms with Crippen LogP contribution in [0.4, 0.5) is 0 Å². The summed E-state index contributed by atoms with van der Waals surface area (Å²) in [5.41, 5.74) is -0.398. The van der Waals surface area contributed by atoms with Crippen molar-refractivity contribution in [3.05, 3.63) is 0 Å². The predicted molar refractivity (Wildman–Crippen MR) is 55.0 cm³/mol. The van der Waals surface area contributed by atoms with Crippen LogP contribution in [0.3, 0.4) is 0 Å². The Balaban J connectivity index is 1.97. The highest BCUT2D eigenvalue weighted by molar-refractivity contribution is 5.88. The molecular formula is C10H17N3O2. The molecule has 0 aliphatic carbocycles. The van der Waals surface area contributed by atoms with Crippen LogP contribution in [-0.4, -0.2) is 42.0 Å². The molecule has 0 aromatic heterocycles. The standard InChI is InChI=1S/C10H17N3O2/c1-2-8(14)13-5-3-10(4-6-13)9(15)11-7-12-10/h12H,2-7H2,1H3,(H,11,15). The molecule has 0 bridgehead atoms. The number of nitrogens with one attached hydrogen (secondary N) is 2. The minimum Gasteiger partial charge on any atom is -0.343 e. The first kappa shape index (κ1) is 10.4. The number of likely N-dealkylation sites (tertiary alicyclic amines) is 1. The molecule has 1 spiro atoms. The summed E-state index contributed by atoms with van der Waals surface area (Å²) in [6, 6.07) is 0. The fourth-order valence-electron chi connectivity index (χ4n) is 2.31. The summed E-state index contributed by atoms with van der Waals surface area (Å²) in [6.07, 6.45) is 2.00. The fourth-order valence-corrected chi connectivity index (χ4v) is 2.31. The lowest BCUT2D eigenvalue weighted by molar-refractivity contribution is -0.135. The monoisotopic (exact) mass is 211 g/mol. The number of rotatable bonds is 1. The third kappa shape index (κ3) is 1.71. The molecule has 0 atom stereocenters. The summed E-state index contributed by atoms with van der Waals surface area (Å²) >= 11 is 0. The minimum absolute atomic E-state index is 0.0890. The number of carbonyl (C=O) groups is 2. The molecule has 2 aliphatic heterocycles. The van der Waals surface area contributed by atoms with Gasteiger partial charge in [0.05, 0.1) is 6.67 Å². The van der Waals surface area contributed by atoms with E-state index < -0.39 is 5.54 Å². The molecule has 2 heterocycles. The first-order chi connectivity index (χ1) is 7.18. The van der Waals surface area contributed by atoms with Crippen molar-refractivity contribution in [2.45, 2.75) is 31.7 Å². The largest absolute Gasteiger partial charge is 0.343 e. The molecule has 2 rings (SSSR count). The molecule has 5 nitrogen and oxygen atoms in total. The van der Waals surface area contributed by atoms with Crippen molar-refractivity contribution in [1.82, 2.24) is 15.5 Å². The molecule has 2 fully saturated rings. The Kier molecular flexibility index (Phi) is 2.65. The quantitative estimate of drug-likeness (QED) is 0.611. The van der Waals surface area contributed by atoms with E-state index in [2.05, 4.69) is 10.6 Å². The van der Waals surface area contributed by atoms with Crippen LogP contribution in [0.25, 0.3) is 0 Å². The summed E-state index contributed by atoms with van der Waals surface area (Å²) < 4.78 is 0. The smallest absolute Gasteiger partial charge is 0.241 e. The molecule has 2 N–H and O–H groups in total. The van der Waals surface area contributed by atoms with E-state index in [0.717, 1.165) is 12.8 Å². The molecule has 0 aromatic rings. The van der Waals surface area contributed by atoms with Crippen LogP contribution in [0.1, 0.15) is 26.2 Å². The van der Waals surface area contributed by atoms with Crippen LogP contribution >= 0.6 is 0 Å². The van der Waals surface area contributed by atoms with Gasteiger partial charge in [-0.2, -0.15) is 0 Å². The number of nitrogens with zero attached hydrogens (tertiary/aromatic N) is 1. The van der Waals surface area contributed by atoms with E-state index >= 15 is 0 Å². The lowest BCUT2D eigenvalue weighted by Crippen LogP contribution is -2.55. The molecular weight excluding hydrogens is 194 g/mol. The van der Waals surface area contributed by atoms with E-state index in [-0.39, 0.29) is 11.8 Å². The molecule has 5 heteroatoms. The molecule has 15 heavy (non-hydrogen) atoms. The van der Waals surface area contributed by atoms with Gasteiger partial charge in [0.15, 0.2) is 0 Å². The average molecular weight is 211 g/mol. The van der Waals surface area contributed by atoms with Crippen LogP contribution in [0.2, 0.25) is 0 Å². The third-order valence-corrected chi connectivity index (χ3v) is 3.38. The number of hydrogen-bond donors (Lipinski definition) is 2. The Hall–Kier alpha value is -1.10. The van der Waals surface area contributed by atoms with Crippen LogP contribution in [0.5, 0.6) is 0 Å². The molecule has 0 unspecified atom stereocenters. The van der Waals surface area contributed by atoms with Crippen molar-refractivity contribution in [1.29, 1.82) is 0 Å². The van der Waals surface area contributed by atoms with Gasteiger partial charge in [-0.05, 0) is 12.8 Å². The van der Waals surface area contributed by atoms with Crippen LogP contribution in [0, 0.1) is 0 Å². The second-order valence-corrected chi connectivity index (χ2v) is 4.18. The second kappa shape index (κ2) is 3.81. The SMILES string of the molecule is CCC(=O)N1CCC2(CC1)NCNC2=O. The van der Waals surface area contributed by atoms with Gasteiger partial charge < -0.3 is 10.2 Å². The molecule has 84 valence electrons. The Morgan fingerprint density at radius 3 is 2.60 bits per heavy atom. The lowest BCUT2D eigenvalue weighted by atomic mass is 9.87. The maximum Gasteiger partial charge on any atom is 0.241 e. The van der Waals surface area contributed by atoms with Crippen LogP contribution in [-0.2, 0) is 9.59 Å². The van der Waals surface area contributed by atoms with Gasteiger partial charge in [0, 0.05) is 19.5 Å². The van der Waals surface area contributed by atoms with Crippen molar-refractivity contribution in [3.63, 3.8) is 0 Å². The first-order valence-corrected chi connectivity index (χ1v) is 5.49. The number of piperidine rings is 1. The van der Waals surface area contributed by atoms with Crippen LogP contribution in [0.15, 0.2) is 0 Å². The van der Waals surface area contributed by atoms with Gasteiger partial charge in [-0.1, -0.05) is 6.92 Å². The molecule has 0 aromatic carbocycles. The normalized spacial score (nSPS) is 24.3. The molecule has 0 saturated carbocycles. The van der Waals surface area contributed by atoms with E-state index in [0.29, 0.717) is 26.2 Å². The fraction of sp³-hybridized carbons (Fsp3) is 0.800. The summed E-state index contributed by atoms with van der Waals surface area (Å²) in [5.74, 6) is 0.273. The second-order valence-electron chi connectivity index (χ2n) is 4.18. The topological polar surface area (TPSA) is 61.4 Å². The van der Waals surface area contributed by atoms with Crippen molar-refractivity contribution < 1.29 is 9.59 Å². The van der Waals surface area contributed by atoms with Crippen molar-refractivity contribution >= 4 is 11.8 Å². The summed E-state index contributed by atoms with van der Waals surface area (Å²) in [5, 5.41) is 5.99. The lowest BCUT2D eigenvalue weighted by Gasteiger charge is -2.37. The summed E-state index contributed by atoms with van der Waals surface area (Å²) in [7, 11) is 0. The zero-order chi connectivity index (χ0) is 10.9. The Bertz CT molecular complexity index is 282. The maximum atomic E-state index is 11.6. The van der Waals surface area contributed by atoms with Gasteiger partial charge in [-0.25, -0.2) is 0 Å². The zero-order valence-corrected chi connectivity index (χ0v) is 9.01.